The van der Waals surface area contributed by atoms with E-state index in [9.17, 15) is 4.79 Å². The van der Waals surface area contributed by atoms with Crippen molar-refractivity contribution in [1.29, 1.82) is 0 Å². The van der Waals surface area contributed by atoms with E-state index in [2.05, 4.69) is 12.1 Å². The molecule has 2 heterocycles. The summed E-state index contributed by atoms with van der Waals surface area (Å²) in [6, 6.07) is 1.53. The highest BCUT2D eigenvalue weighted by Gasteiger charge is 2.35. The van der Waals surface area contributed by atoms with E-state index in [4.69, 9.17) is 9.63 Å². The highest BCUT2D eigenvalue weighted by Crippen LogP contribution is 2.46. The minimum absolute atomic E-state index is 0.00581. The third-order valence-electron chi connectivity index (χ3n) is 2.47. The first-order valence-electron chi connectivity index (χ1n) is 4.46. The maximum atomic E-state index is 10.6. The topological polar surface area (TPSA) is 63.3 Å². The molecule has 14 heavy (non-hydrogen) atoms. The van der Waals surface area contributed by atoms with Gasteiger partial charge in [-0.1, -0.05) is 5.16 Å². The van der Waals surface area contributed by atoms with Crippen molar-refractivity contribution >= 4 is 17.7 Å². The van der Waals surface area contributed by atoms with Crippen molar-refractivity contribution < 1.29 is 14.4 Å². The first kappa shape index (κ1) is 9.58. The molecule has 1 fully saturated rings. The molecule has 4 nitrogen and oxygen atoms in total. The molecule has 0 aromatic carbocycles. The van der Waals surface area contributed by atoms with Crippen molar-refractivity contribution in [1.82, 2.24) is 5.16 Å². The predicted octanol–water partition coefficient (Wildman–Crippen LogP) is 2.12. The summed E-state index contributed by atoms with van der Waals surface area (Å²) in [6.07, 6.45) is 2.16. The molecule has 1 aromatic rings. The van der Waals surface area contributed by atoms with Crippen LogP contribution in [0.15, 0.2) is 10.6 Å². The van der Waals surface area contributed by atoms with Gasteiger partial charge in [0.1, 0.15) is 0 Å². The molecular formula is C9H11NO3S. The van der Waals surface area contributed by atoms with Gasteiger partial charge in [-0.15, -0.1) is 11.8 Å². The number of thioether (sulfide) groups is 1. The molecule has 0 radical (unpaired) electrons. The lowest BCUT2D eigenvalue weighted by atomic mass is 10.0. The number of carboxylic acids is 1. The average Bonchev–Trinajstić information content (AvgIpc) is 2.71. The molecule has 76 valence electrons. The summed E-state index contributed by atoms with van der Waals surface area (Å²) >= 11 is 1.80. The molecule has 0 amide bonds. The zero-order valence-corrected chi connectivity index (χ0v) is 8.63. The van der Waals surface area contributed by atoms with Gasteiger partial charge in [0, 0.05) is 6.07 Å². The SMILES string of the molecule is CC1(c2cc(C(=O)O)no2)CCCS1. The fourth-order valence-electron chi connectivity index (χ4n) is 1.60. The van der Waals surface area contributed by atoms with Crippen molar-refractivity contribution in [3.8, 4) is 0 Å². The molecule has 1 N–H and O–H groups in total. The Hall–Kier alpha value is -0.970. The van der Waals surface area contributed by atoms with E-state index in [1.54, 1.807) is 11.8 Å². The molecule has 0 bridgehead atoms. The van der Waals surface area contributed by atoms with Crippen LogP contribution in [0.3, 0.4) is 0 Å². The minimum Gasteiger partial charge on any atom is -0.476 e. The summed E-state index contributed by atoms with van der Waals surface area (Å²) < 4.78 is 4.98. The predicted molar refractivity (Wildman–Crippen MR) is 52.5 cm³/mol. The molecular weight excluding hydrogens is 202 g/mol. The maximum Gasteiger partial charge on any atom is 0.358 e. The lowest BCUT2D eigenvalue weighted by Crippen LogP contribution is -2.11. The maximum absolute atomic E-state index is 10.6. The van der Waals surface area contributed by atoms with Crippen LogP contribution < -0.4 is 0 Å². The summed E-state index contributed by atoms with van der Waals surface area (Å²) in [7, 11) is 0. The smallest absolute Gasteiger partial charge is 0.358 e. The number of rotatable bonds is 2. The minimum atomic E-state index is -1.04. The normalized spacial score (nSPS) is 26.6. The number of aromatic nitrogens is 1. The zero-order valence-electron chi connectivity index (χ0n) is 7.82. The van der Waals surface area contributed by atoms with E-state index < -0.39 is 5.97 Å². The molecule has 1 atom stereocenters. The van der Waals surface area contributed by atoms with Crippen molar-refractivity contribution in [2.24, 2.45) is 0 Å². The third-order valence-corrected chi connectivity index (χ3v) is 4.00. The number of hydrogen-bond acceptors (Lipinski definition) is 4. The second-order valence-corrected chi connectivity index (χ2v) is 5.16. The van der Waals surface area contributed by atoms with Gasteiger partial charge in [0.05, 0.1) is 4.75 Å². The Balaban J connectivity index is 2.28. The van der Waals surface area contributed by atoms with Crippen molar-refractivity contribution in [2.45, 2.75) is 24.5 Å². The summed E-state index contributed by atoms with van der Waals surface area (Å²) in [5.74, 6) is 0.739. The summed E-state index contributed by atoms with van der Waals surface area (Å²) in [5, 5.41) is 12.2. The first-order valence-corrected chi connectivity index (χ1v) is 5.45. The average molecular weight is 213 g/mol. The van der Waals surface area contributed by atoms with Gasteiger partial charge in [-0.05, 0) is 25.5 Å². The standard InChI is InChI=1S/C9H11NO3S/c1-9(3-2-4-14-9)7-5-6(8(11)12)10-13-7/h5H,2-4H2,1H3,(H,11,12). The van der Waals surface area contributed by atoms with E-state index in [1.165, 1.54) is 6.07 Å². The molecule has 0 aliphatic carbocycles. The molecule has 2 rings (SSSR count). The molecule has 1 aromatic heterocycles. The van der Waals surface area contributed by atoms with Crippen LogP contribution in [0.2, 0.25) is 0 Å². The van der Waals surface area contributed by atoms with Gasteiger partial charge >= 0.3 is 5.97 Å². The lowest BCUT2D eigenvalue weighted by Gasteiger charge is -2.17. The first-order chi connectivity index (χ1) is 6.62. The zero-order chi connectivity index (χ0) is 10.2. The van der Waals surface area contributed by atoms with E-state index >= 15 is 0 Å². The van der Waals surface area contributed by atoms with Gasteiger partial charge in [-0.3, -0.25) is 0 Å². The van der Waals surface area contributed by atoms with Crippen LogP contribution >= 0.6 is 11.8 Å². The van der Waals surface area contributed by atoms with Gasteiger partial charge in [0.15, 0.2) is 11.5 Å². The monoisotopic (exact) mass is 213 g/mol. The second kappa shape index (κ2) is 3.31. The van der Waals surface area contributed by atoms with E-state index in [0.717, 1.165) is 18.6 Å². The molecule has 0 spiro atoms. The fourth-order valence-corrected chi connectivity index (χ4v) is 2.86. The van der Waals surface area contributed by atoms with Gasteiger partial charge in [0.2, 0.25) is 0 Å². The van der Waals surface area contributed by atoms with Crippen molar-refractivity contribution in [3.05, 3.63) is 17.5 Å². The Morgan fingerprint density at radius 1 is 1.79 bits per heavy atom. The van der Waals surface area contributed by atoms with Gasteiger partial charge in [0.25, 0.3) is 0 Å². The summed E-state index contributed by atoms with van der Waals surface area (Å²) in [6.45, 7) is 2.07. The van der Waals surface area contributed by atoms with E-state index in [-0.39, 0.29) is 10.4 Å². The third kappa shape index (κ3) is 1.52. The fraction of sp³-hybridized carbons (Fsp3) is 0.556. The molecule has 1 saturated heterocycles. The Morgan fingerprint density at radius 3 is 3.07 bits per heavy atom. The number of aromatic carboxylic acids is 1. The Morgan fingerprint density at radius 2 is 2.57 bits per heavy atom. The molecule has 1 unspecified atom stereocenters. The van der Waals surface area contributed by atoms with Crippen LogP contribution in [0.1, 0.15) is 36.0 Å². The largest absolute Gasteiger partial charge is 0.476 e. The van der Waals surface area contributed by atoms with Crippen molar-refractivity contribution in [2.75, 3.05) is 5.75 Å². The number of hydrogen-bond donors (Lipinski definition) is 1. The lowest BCUT2D eigenvalue weighted by molar-refractivity contribution is 0.0685. The summed E-state index contributed by atoms with van der Waals surface area (Å²) in [4.78, 5) is 10.6. The van der Waals surface area contributed by atoms with Crippen LogP contribution in [0.5, 0.6) is 0 Å². The van der Waals surface area contributed by atoms with Crippen LogP contribution in [0.25, 0.3) is 0 Å². The van der Waals surface area contributed by atoms with Gasteiger partial charge in [-0.25, -0.2) is 4.79 Å². The highest BCUT2D eigenvalue weighted by atomic mass is 32.2. The van der Waals surface area contributed by atoms with Crippen LogP contribution in [-0.4, -0.2) is 22.0 Å². The van der Waals surface area contributed by atoms with Gasteiger partial charge < -0.3 is 9.63 Å². The highest BCUT2D eigenvalue weighted by molar-refractivity contribution is 8.00. The van der Waals surface area contributed by atoms with Crippen LogP contribution in [0, 0.1) is 0 Å². The van der Waals surface area contributed by atoms with Crippen LogP contribution in [0.4, 0.5) is 0 Å². The molecule has 0 saturated carbocycles. The Labute approximate surface area is 85.7 Å². The number of carbonyl (C=O) groups is 1. The Kier molecular flexibility index (Phi) is 2.26. The van der Waals surface area contributed by atoms with E-state index in [0.29, 0.717) is 5.76 Å². The summed E-state index contributed by atoms with van der Waals surface area (Å²) in [5.41, 5.74) is -0.00581. The second-order valence-electron chi connectivity index (χ2n) is 3.56. The molecule has 1 aliphatic rings. The van der Waals surface area contributed by atoms with E-state index in [1.807, 2.05) is 0 Å². The quantitative estimate of drug-likeness (QED) is 0.815. The Bertz CT molecular complexity index is 355. The molecule has 5 heteroatoms. The molecule has 1 aliphatic heterocycles. The number of carboxylic acid groups (broad SMARTS) is 1. The number of nitrogens with zero attached hydrogens (tertiary/aromatic N) is 1. The van der Waals surface area contributed by atoms with Gasteiger partial charge in [-0.2, -0.15) is 0 Å². The van der Waals surface area contributed by atoms with Crippen molar-refractivity contribution in [3.63, 3.8) is 0 Å². The van der Waals surface area contributed by atoms with Crippen LogP contribution in [-0.2, 0) is 4.75 Å².